The number of halogens is 1. The average Bonchev–Trinajstić information content (AvgIpc) is 3.01. The summed E-state index contributed by atoms with van der Waals surface area (Å²) in [4.78, 5) is 35.4. The lowest BCUT2D eigenvalue weighted by Crippen LogP contribution is -2.24. The summed E-state index contributed by atoms with van der Waals surface area (Å²) in [5.41, 5.74) is 0.667. The van der Waals surface area contributed by atoms with Crippen molar-refractivity contribution in [1.29, 1.82) is 0 Å². The molecule has 0 unspecified atom stereocenters. The van der Waals surface area contributed by atoms with Crippen molar-refractivity contribution in [2.45, 2.75) is 6.54 Å². The third kappa shape index (κ3) is 4.10. The molecule has 3 aromatic rings. The lowest BCUT2D eigenvalue weighted by molar-refractivity contribution is -0.143. The van der Waals surface area contributed by atoms with Gasteiger partial charge in [-0.05, 0) is 24.3 Å². The predicted octanol–water partition coefficient (Wildman–Crippen LogP) is 2.07. The topological polar surface area (TPSA) is 91.4 Å². The van der Waals surface area contributed by atoms with E-state index in [1.54, 1.807) is 30.3 Å². The Morgan fingerprint density at radius 3 is 2.62 bits per heavy atom. The zero-order chi connectivity index (χ0) is 18.5. The molecule has 3 rings (SSSR count). The molecule has 0 spiro atoms. The third-order valence-electron chi connectivity index (χ3n) is 3.42. The maximum Gasteiger partial charge on any atom is 0.437 e. The van der Waals surface area contributed by atoms with Gasteiger partial charge in [0.1, 0.15) is 12.4 Å². The van der Waals surface area contributed by atoms with E-state index < -0.39 is 36.5 Å². The number of Topliss-reactive ketones (excluding diaryl/α,β-unsaturated/α-hetero) is 1. The van der Waals surface area contributed by atoms with Gasteiger partial charge in [-0.25, -0.2) is 9.18 Å². The molecule has 0 aliphatic heterocycles. The van der Waals surface area contributed by atoms with Gasteiger partial charge >= 0.3 is 11.7 Å². The summed E-state index contributed by atoms with van der Waals surface area (Å²) in [6.45, 7) is -1.08. The van der Waals surface area contributed by atoms with E-state index in [1.807, 2.05) is 0 Å². The molecule has 26 heavy (non-hydrogen) atoms. The molecule has 132 valence electrons. The van der Waals surface area contributed by atoms with Crippen LogP contribution >= 0.6 is 0 Å². The Kier molecular flexibility index (Phi) is 5.02. The summed E-state index contributed by atoms with van der Waals surface area (Å²) >= 11 is 0. The van der Waals surface area contributed by atoms with Gasteiger partial charge in [0.2, 0.25) is 5.89 Å². The van der Waals surface area contributed by atoms with Gasteiger partial charge in [0.15, 0.2) is 12.4 Å². The molecule has 0 N–H and O–H groups in total. The monoisotopic (exact) mass is 356 g/mol. The minimum absolute atomic E-state index is 0.0687. The molecule has 8 heteroatoms. The second kappa shape index (κ2) is 7.56. The van der Waals surface area contributed by atoms with Crippen LogP contribution < -0.4 is 5.76 Å². The Balaban J connectivity index is 1.61. The highest BCUT2D eigenvalue weighted by molar-refractivity contribution is 5.97. The number of nitrogens with zero attached hydrogens (tertiary/aromatic N) is 2. The van der Waals surface area contributed by atoms with Gasteiger partial charge in [-0.15, -0.1) is 5.10 Å². The highest BCUT2D eigenvalue weighted by Gasteiger charge is 2.15. The minimum atomic E-state index is -0.843. The maximum absolute atomic E-state index is 13.1. The van der Waals surface area contributed by atoms with Gasteiger partial charge in [-0.1, -0.05) is 30.3 Å². The van der Waals surface area contributed by atoms with E-state index in [1.165, 1.54) is 18.2 Å². The first-order valence-corrected chi connectivity index (χ1v) is 7.61. The molecule has 0 saturated carbocycles. The molecular formula is C18H13FN2O5. The first-order chi connectivity index (χ1) is 12.5. The summed E-state index contributed by atoms with van der Waals surface area (Å²) in [5.74, 6) is -2.72. The number of ether oxygens (including phenoxy) is 1. The fourth-order valence-corrected chi connectivity index (χ4v) is 2.16. The van der Waals surface area contributed by atoms with Crippen molar-refractivity contribution >= 4 is 11.8 Å². The zero-order valence-corrected chi connectivity index (χ0v) is 13.4. The fourth-order valence-electron chi connectivity index (χ4n) is 2.16. The van der Waals surface area contributed by atoms with Crippen molar-refractivity contribution in [3.63, 3.8) is 0 Å². The SMILES string of the molecule is O=C(Cn1nc(-c2ccccc2)oc1=O)OCC(=O)c1cccc(F)c1. The van der Waals surface area contributed by atoms with Gasteiger partial charge < -0.3 is 9.15 Å². The second-order valence-corrected chi connectivity index (χ2v) is 5.29. The quantitative estimate of drug-likeness (QED) is 0.496. The molecule has 0 aliphatic carbocycles. The van der Waals surface area contributed by atoms with E-state index in [0.29, 0.717) is 5.56 Å². The van der Waals surface area contributed by atoms with Crippen LogP contribution in [0.25, 0.3) is 11.5 Å². The molecule has 0 radical (unpaired) electrons. The van der Waals surface area contributed by atoms with Gasteiger partial charge in [0, 0.05) is 11.1 Å². The van der Waals surface area contributed by atoms with Crippen LogP contribution in [0.5, 0.6) is 0 Å². The van der Waals surface area contributed by atoms with Gasteiger partial charge in [0.25, 0.3) is 0 Å². The van der Waals surface area contributed by atoms with Crippen LogP contribution in [0.3, 0.4) is 0 Å². The molecule has 0 amide bonds. The molecular weight excluding hydrogens is 343 g/mol. The lowest BCUT2D eigenvalue weighted by Gasteiger charge is -2.04. The molecule has 0 fully saturated rings. The largest absolute Gasteiger partial charge is 0.456 e. The summed E-state index contributed by atoms with van der Waals surface area (Å²) < 4.78 is 23.7. The van der Waals surface area contributed by atoms with Crippen LogP contribution in [0.2, 0.25) is 0 Å². The number of ketones is 1. The van der Waals surface area contributed by atoms with Crippen LogP contribution in [0.1, 0.15) is 10.4 Å². The summed E-state index contributed by atoms with van der Waals surface area (Å²) in [6.07, 6.45) is 0. The number of carbonyl (C=O) groups is 2. The average molecular weight is 356 g/mol. The number of rotatable bonds is 6. The summed E-state index contributed by atoms with van der Waals surface area (Å²) in [6, 6.07) is 13.7. The van der Waals surface area contributed by atoms with E-state index in [-0.39, 0.29) is 11.5 Å². The van der Waals surface area contributed by atoms with E-state index in [0.717, 1.165) is 10.7 Å². The number of aromatic nitrogens is 2. The molecule has 1 heterocycles. The molecule has 2 aromatic carbocycles. The molecule has 7 nitrogen and oxygen atoms in total. The number of hydrogen-bond acceptors (Lipinski definition) is 6. The zero-order valence-electron chi connectivity index (χ0n) is 13.4. The van der Waals surface area contributed by atoms with Crippen LogP contribution in [-0.2, 0) is 16.1 Å². The maximum atomic E-state index is 13.1. The third-order valence-corrected chi connectivity index (χ3v) is 3.42. The van der Waals surface area contributed by atoms with E-state index >= 15 is 0 Å². The summed E-state index contributed by atoms with van der Waals surface area (Å²) in [7, 11) is 0. The number of carbonyl (C=O) groups excluding carboxylic acids is 2. The predicted molar refractivity (Wildman–Crippen MR) is 87.9 cm³/mol. The van der Waals surface area contributed by atoms with Crippen molar-refractivity contribution in [2.75, 3.05) is 6.61 Å². The first-order valence-electron chi connectivity index (χ1n) is 7.61. The van der Waals surface area contributed by atoms with Crippen molar-refractivity contribution < 1.29 is 23.1 Å². The highest BCUT2D eigenvalue weighted by atomic mass is 19.1. The van der Waals surface area contributed by atoms with Gasteiger partial charge in [-0.2, -0.15) is 4.68 Å². The minimum Gasteiger partial charge on any atom is -0.456 e. The van der Waals surface area contributed by atoms with Crippen molar-refractivity contribution in [3.05, 3.63) is 76.5 Å². The first kappa shape index (κ1) is 17.3. The highest BCUT2D eigenvalue weighted by Crippen LogP contribution is 2.13. The molecule has 0 saturated heterocycles. The van der Waals surface area contributed by atoms with Crippen LogP contribution in [-0.4, -0.2) is 28.1 Å². The van der Waals surface area contributed by atoms with Crippen molar-refractivity contribution in [2.24, 2.45) is 0 Å². The molecule has 0 atom stereocenters. The molecule has 1 aromatic heterocycles. The number of benzene rings is 2. The number of esters is 1. The van der Waals surface area contributed by atoms with E-state index in [9.17, 15) is 18.8 Å². The second-order valence-electron chi connectivity index (χ2n) is 5.29. The van der Waals surface area contributed by atoms with Crippen LogP contribution in [0.15, 0.2) is 63.8 Å². The Morgan fingerprint density at radius 1 is 1.12 bits per heavy atom. The Morgan fingerprint density at radius 2 is 1.88 bits per heavy atom. The Labute approximate surface area is 146 Å². The fraction of sp³-hybridized carbons (Fsp3) is 0.111. The van der Waals surface area contributed by atoms with Crippen molar-refractivity contribution in [3.8, 4) is 11.5 Å². The number of hydrogen-bond donors (Lipinski definition) is 0. The van der Waals surface area contributed by atoms with E-state index in [2.05, 4.69) is 5.10 Å². The normalized spacial score (nSPS) is 10.5. The molecule has 0 bridgehead atoms. The smallest absolute Gasteiger partial charge is 0.437 e. The molecule has 0 aliphatic rings. The Hall–Kier alpha value is -3.55. The van der Waals surface area contributed by atoms with Crippen LogP contribution in [0.4, 0.5) is 4.39 Å². The Bertz CT molecular complexity index is 994. The van der Waals surface area contributed by atoms with Gasteiger partial charge in [0.05, 0.1) is 0 Å². The van der Waals surface area contributed by atoms with Gasteiger partial charge in [-0.3, -0.25) is 9.59 Å². The lowest BCUT2D eigenvalue weighted by atomic mass is 10.1. The van der Waals surface area contributed by atoms with E-state index in [4.69, 9.17) is 9.15 Å². The van der Waals surface area contributed by atoms with Crippen LogP contribution in [0, 0.1) is 5.82 Å². The summed E-state index contributed by atoms with van der Waals surface area (Å²) in [5, 5.41) is 3.92. The van der Waals surface area contributed by atoms with Crippen molar-refractivity contribution in [1.82, 2.24) is 9.78 Å². The standard InChI is InChI=1S/C18H13FN2O5/c19-14-8-4-7-13(9-14)15(22)11-25-16(23)10-21-18(24)26-17(20-21)12-5-2-1-3-6-12/h1-9H,10-11H2.